The van der Waals surface area contributed by atoms with E-state index in [4.69, 9.17) is 4.74 Å². The van der Waals surface area contributed by atoms with Crippen LogP contribution < -0.4 is 51.4 Å². The van der Waals surface area contributed by atoms with Gasteiger partial charge >= 0.3 is 64.5 Å². The predicted molar refractivity (Wildman–Crippen MR) is 66.7 cm³/mol. The van der Waals surface area contributed by atoms with Crippen LogP contribution in [0.25, 0.3) is 0 Å². The van der Waals surface area contributed by atoms with Crippen molar-refractivity contribution in [2.45, 2.75) is 51.2 Å². The Labute approximate surface area is 159 Å². The van der Waals surface area contributed by atoms with Gasteiger partial charge in [0.1, 0.15) is 5.60 Å². The zero-order valence-corrected chi connectivity index (χ0v) is 15.5. The first-order valence-corrected chi connectivity index (χ1v) is 6.43. The molecule has 0 aromatic heterocycles. The van der Waals surface area contributed by atoms with E-state index in [0.29, 0.717) is 0 Å². The van der Waals surface area contributed by atoms with Gasteiger partial charge in [-0.15, -0.1) is 11.5 Å². The van der Waals surface area contributed by atoms with Crippen LogP contribution in [0.15, 0.2) is 11.5 Å². The summed E-state index contributed by atoms with van der Waals surface area (Å²) in [6.45, 7) is -0.285. The molecule has 0 bridgehead atoms. The molecular formula is C12H18BF3KNO2. The second kappa shape index (κ2) is 5.95. The van der Waals surface area contributed by atoms with Crippen molar-refractivity contribution in [2.24, 2.45) is 0 Å². The molecule has 2 rings (SSSR count). The third-order valence-corrected chi connectivity index (χ3v) is 3.52. The van der Waals surface area contributed by atoms with Crippen LogP contribution in [0.2, 0.25) is 0 Å². The monoisotopic (exact) mass is 315 g/mol. The molecule has 0 unspecified atom stereocenters. The molecule has 1 fully saturated rings. The minimum Gasteiger partial charge on any atom is -0.445 e. The van der Waals surface area contributed by atoms with Crippen molar-refractivity contribution in [2.75, 3.05) is 6.54 Å². The molecule has 1 aliphatic heterocycles. The van der Waals surface area contributed by atoms with Crippen molar-refractivity contribution >= 4 is 13.1 Å². The van der Waals surface area contributed by atoms with E-state index in [2.05, 4.69) is 0 Å². The summed E-state index contributed by atoms with van der Waals surface area (Å²) in [6.07, 6.45) is 2.38. The van der Waals surface area contributed by atoms with Gasteiger partial charge in [-0.3, -0.25) is 0 Å². The number of nitrogens with zero attached hydrogens (tertiary/aromatic N) is 1. The largest absolute Gasteiger partial charge is 1.00 e. The molecule has 3 nitrogen and oxygen atoms in total. The Morgan fingerprint density at radius 2 is 1.90 bits per heavy atom. The van der Waals surface area contributed by atoms with Gasteiger partial charge in [-0.1, -0.05) is 0 Å². The summed E-state index contributed by atoms with van der Waals surface area (Å²) in [5.41, 5.74) is -1.71. The Hall–Kier alpha value is 0.501. The number of ether oxygens (including phenoxy) is 1. The van der Waals surface area contributed by atoms with Crippen molar-refractivity contribution < 1.29 is 73.9 Å². The Morgan fingerprint density at radius 3 is 2.30 bits per heavy atom. The average molecular weight is 315 g/mol. The first-order chi connectivity index (χ1) is 8.54. The van der Waals surface area contributed by atoms with Crippen molar-refractivity contribution in [1.82, 2.24) is 4.90 Å². The van der Waals surface area contributed by atoms with E-state index >= 15 is 0 Å². The normalized spacial score (nSPS) is 21.1. The maximum absolute atomic E-state index is 12.8. The van der Waals surface area contributed by atoms with Crippen molar-refractivity contribution in [3.63, 3.8) is 0 Å². The molecule has 0 aromatic rings. The van der Waals surface area contributed by atoms with Crippen molar-refractivity contribution in [1.29, 1.82) is 0 Å². The molecule has 0 radical (unpaired) electrons. The number of carbonyl (C=O) groups excluding carboxylic acids is 1. The van der Waals surface area contributed by atoms with Gasteiger partial charge in [-0.05, 0) is 40.0 Å². The van der Waals surface area contributed by atoms with E-state index in [9.17, 15) is 17.7 Å². The quantitative estimate of drug-likeness (QED) is 0.659. The Kier molecular flexibility index (Phi) is 5.52. The van der Waals surface area contributed by atoms with Crippen LogP contribution in [0, 0.1) is 0 Å². The summed E-state index contributed by atoms with van der Waals surface area (Å²) in [4.78, 5) is 13.3. The molecule has 1 aliphatic carbocycles. The Bertz CT molecular complexity index is 427. The second-order valence-electron chi connectivity index (χ2n) is 6.35. The van der Waals surface area contributed by atoms with Crippen LogP contribution in [0.5, 0.6) is 0 Å². The zero-order valence-electron chi connectivity index (χ0n) is 12.4. The molecule has 1 heterocycles. The number of hydrogen-bond donors (Lipinski definition) is 0. The van der Waals surface area contributed by atoms with Gasteiger partial charge in [-0.25, -0.2) is 4.79 Å². The fraction of sp³-hybridized carbons (Fsp3) is 0.750. The first-order valence-electron chi connectivity index (χ1n) is 6.43. The number of hydrogen-bond acceptors (Lipinski definition) is 2. The molecule has 2 aliphatic rings. The fourth-order valence-corrected chi connectivity index (χ4v) is 2.28. The van der Waals surface area contributed by atoms with Gasteiger partial charge in [0.25, 0.3) is 0 Å². The fourth-order valence-electron chi connectivity index (χ4n) is 2.28. The summed E-state index contributed by atoms with van der Waals surface area (Å²) >= 11 is 0. The van der Waals surface area contributed by atoms with Crippen LogP contribution in [-0.2, 0) is 4.74 Å². The maximum atomic E-state index is 12.8. The van der Waals surface area contributed by atoms with E-state index in [1.165, 1.54) is 11.0 Å². The predicted octanol–water partition coefficient (Wildman–Crippen LogP) is 0.477. The van der Waals surface area contributed by atoms with Crippen molar-refractivity contribution in [3.8, 4) is 0 Å². The molecule has 1 amide bonds. The molecule has 8 heteroatoms. The van der Waals surface area contributed by atoms with E-state index < -0.39 is 29.7 Å². The van der Waals surface area contributed by atoms with Gasteiger partial charge in [0.2, 0.25) is 0 Å². The topological polar surface area (TPSA) is 29.5 Å². The number of carbonyl (C=O) groups is 1. The molecular weight excluding hydrogens is 297 g/mol. The van der Waals surface area contributed by atoms with Crippen LogP contribution in [0.3, 0.4) is 0 Å². The van der Waals surface area contributed by atoms with Crippen LogP contribution in [-0.4, -0.2) is 35.7 Å². The van der Waals surface area contributed by atoms with E-state index in [-0.39, 0.29) is 64.4 Å². The smallest absolute Gasteiger partial charge is 0.445 e. The summed E-state index contributed by atoms with van der Waals surface area (Å²) < 4.78 is 43.6. The van der Waals surface area contributed by atoms with Gasteiger partial charge in [0.05, 0.1) is 0 Å². The molecule has 0 atom stereocenters. The third kappa shape index (κ3) is 4.25. The van der Waals surface area contributed by atoms with Gasteiger partial charge < -0.3 is 22.6 Å². The maximum Gasteiger partial charge on any atom is 1.00 e. The van der Waals surface area contributed by atoms with Crippen LogP contribution in [0.1, 0.15) is 40.0 Å². The number of rotatable bonds is 1. The Balaban J connectivity index is 0.00000200. The summed E-state index contributed by atoms with van der Waals surface area (Å²) in [6, 6.07) is 0. The molecule has 0 N–H and O–H groups in total. The molecule has 0 aromatic carbocycles. The standard InChI is InChI=1S/C12H18BF3NO2.K/c1-11(2,3)19-10(18)17-8-9(13(14,15)16)4-5-12(17)6-7-12;/h4H,5-8H2,1-3H3;/q-1;+1. The zero-order chi connectivity index (χ0) is 14.5. The summed E-state index contributed by atoms with van der Waals surface area (Å²) in [5.74, 6) is 0. The van der Waals surface area contributed by atoms with Gasteiger partial charge in [0, 0.05) is 12.1 Å². The van der Waals surface area contributed by atoms with Crippen molar-refractivity contribution in [3.05, 3.63) is 11.5 Å². The molecule has 1 saturated carbocycles. The third-order valence-electron chi connectivity index (χ3n) is 3.52. The second-order valence-corrected chi connectivity index (χ2v) is 6.35. The summed E-state index contributed by atoms with van der Waals surface area (Å²) in [5, 5.41) is 0. The molecule has 0 saturated heterocycles. The average Bonchev–Trinajstić information content (AvgIpc) is 2.94. The first kappa shape index (κ1) is 18.6. The molecule has 20 heavy (non-hydrogen) atoms. The van der Waals surface area contributed by atoms with E-state index in [0.717, 1.165) is 12.8 Å². The minimum atomic E-state index is -5.03. The van der Waals surface area contributed by atoms with Crippen LogP contribution >= 0.6 is 0 Å². The SMILES string of the molecule is CC(C)(C)OC(=O)N1CC([B-](F)(F)F)=CCC12CC2.[K+]. The molecule has 108 valence electrons. The molecule has 1 spiro atoms. The van der Waals surface area contributed by atoms with E-state index in [1.54, 1.807) is 20.8 Å². The number of halogens is 3. The minimum absolute atomic E-state index is 0. The summed E-state index contributed by atoms with van der Waals surface area (Å²) in [7, 11) is 0. The van der Waals surface area contributed by atoms with Crippen LogP contribution in [0.4, 0.5) is 17.7 Å². The van der Waals surface area contributed by atoms with Gasteiger partial charge in [0.15, 0.2) is 0 Å². The van der Waals surface area contributed by atoms with E-state index in [1.807, 2.05) is 0 Å². The van der Waals surface area contributed by atoms with Gasteiger partial charge in [-0.2, -0.15) is 0 Å². The Morgan fingerprint density at radius 1 is 1.35 bits per heavy atom. The number of amides is 1.